The van der Waals surface area contributed by atoms with Gasteiger partial charge in [0.1, 0.15) is 0 Å². The molecule has 1 heterocycles. The van der Waals surface area contributed by atoms with Gasteiger partial charge in [0.15, 0.2) is 0 Å². The second kappa shape index (κ2) is 3.78. The molecule has 3 heteroatoms. The molecule has 0 bridgehead atoms. The molecule has 0 saturated carbocycles. The normalized spacial score (nSPS) is 37.9. The number of ether oxygens (including phenoxy) is 1. The molecule has 0 aromatic heterocycles. The Morgan fingerprint density at radius 2 is 2.45 bits per heavy atom. The van der Waals surface area contributed by atoms with Gasteiger partial charge >= 0.3 is 0 Å². The van der Waals surface area contributed by atoms with Crippen LogP contribution in [0.2, 0.25) is 0 Å². The predicted octanol–water partition coefficient (Wildman–Crippen LogP) is 1.46. The third kappa shape index (κ3) is 2.65. The summed E-state index contributed by atoms with van der Waals surface area (Å²) in [5.41, 5.74) is 0. The third-order valence-corrected chi connectivity index (χ3v) is 3.45. The fourth-order valence-corrected chi connectivity index (χ4v) is 2.75. The summed E-state index contributed by atoms with van der Waals surface area (Å²) in [6.45, 7) is 6.49. The summed E-state index contributed by atoms with van der Waals surface area (Å²) in [6, 6.07) is 0. The molecule has 11 heavy (non-hydrogen) atoms. The van der Waals surface area contributed by atoms with Gasteiger partial charge in [-0.1, -0.05) is 6.92 Å². The molecular formula is C8H17NOS. The van der Waals surface area contributed by atoms with Gasteiger partial charge in [-0.2, -0.15) is 0 Å². The minimum absolute atomic E-state index is 0.259. The average Bonchev–Trinajstić information content (AvgIpc) is 2.28. The zero-order valence-corrected chi connectivity index (χ0v) is 8.33. The van der Waals surface area contributed by atoms with Crippen LogP contribution in [0.5, 0.6) is 0 Å². The van der Waals surface area contributed by atoms with Gasteiger partial charge in [-0.15, -0.1) is 11.8 Å². The van der Waals surface area contributed by atoms with E-state index in [9.17, 15) is 0 Å². The zero-order valence-electron chi connectivity index (χ0n) is 7.52. The van der Waals surface area contributed by atoms with Crippen LogP contribution in [0.25, 0.3) is 0 Å². The molecule has 1 fully saturated rings. The van der Waals surface area contributed by atoms with Crippen LogP contribution in [-0.2, 0) is 4.74 Å². The van der Waals surface area contributed by atoms with Crippen LogP contribution in [0.3, 0.4) is 0 Å². The van der Waals surface area contributed by atoms with Crippen molar-refractivity contribution in [3.8, 4) is 0 Å². The minimum atomic E-state index is 0.259. The summed E-state index contributed by atoms with van der Waals surface area (Å²) in [4.78, 5) is 0.259. The van der Waals surface area contributed by atoms with E-state index in [1.54, 1.807) is 7.11 Å². The van der Waals surface area contributed by atoms with Gasteiger partial charge in [-0.25, -0.2) is 0 Å². The van der Waals surface area contributed by atoms with Crippen LogP contribution in [-0.4, -0.2) is 30.4 Å². The molecule has 1 saturated heterocycles. The molecule has 2 nitrogen and oxygen atoms in total. The van der Waals surface area contributed by atoms with Gasteiger partial charge in [0, 0.05) is 25.5 Å². The highest BCUT2D eigenvalue weighted by molar-refractivity contribution is 8.01. The van der Waals surface area contributed by atoms with Crippen molar-refractivity contribution < 1.29 is 4.74 Å². The van der Waals surface area contributed by atoms with Crippen molar-refractivity contribution in [3.63, 3.8) is 0 Å². The molecule has 2 atom stereocenters. The van der Waals surface area contributed by atoms with Crippen molar-refractivity contribution in [2.45, 2.75) is 30.4 Å². The highest BCUT2D eigenvalue weighted by Crippen LogP contribution is 2.34. The van der Waals surface area contributed by atoms with Crippen LogP contribution >= 0.6 is 11.8 Å². The zero-order chi connectivity index (χ0) is 8.32. The van der Waals surface area contributed by atoms with Gasteiger partial charge in [-0.3, -0.25) is 0 Å². The smallest absolute Gasteiger partial charge is 0.0642 e. The molecule has 0 aromatic rings. The van der Waals surface area contributed by atoms with Crippen LogP contribution in [0, 0.1) is 0 Å². The van der Waals surface area contributed by atoms with E-state index >= 15 is 0 Å². The van der Waals surface area contributed by atoms with E-state index in [0.717, 1.165) is 24.8 Å². The Kier molecular flexibility index (Phi) is 3.22. The molecule has 2 unspecified atom stereocenters. The fraction of sp³-hybridized carbons (Fsp3) is 1.00. The first-order chi connectivity index (χ1) is 5.16. The Balaban J connectivity index is 2.29. The van der Waals surface area contributed by atoms with Crippen molar-refractivity contribution in [1.29, 1.82) is 0 Å². The van der Waals surface area contributed by atoms with Crippen LogP contribution in [0.1, 0.15) is 20.3 Å². The van der Waals surface area contributed by atoms with Crippen molar-refractivity contribution in [2.24, 2.45) is 0 Å². The Morgan fingerprint density at radius 1 is 1.73 bits per heavy atom. The lowest BCUT2D eigenvalue weighted by atomic mass is 10.2. The first kappa shape index (κ1) is 9.36. The monoisotopic (exact) mass is 175 g/mol. The third-order valence-electron chi connectivity index (χ3n) is 2.01. The molecular weight excluding hydrogens is 158 g/mol. The second-order valence-corrected chi connectivity index (χ2v) is 5.22. The van der Waals surface area contributed by atoms with E-state index in [2.05, 4.69) is 19.2 Å². The predicted molar refractivity (Wildman–Crippen MR) is 50.0 cm³/mol. The number of hydrogen-bond donors (Lipinski definition) is 1. The molecule has 1 rings (SSSR count). The van der Waals surface area contributed by atoms with E-state index in [0.29, 0.717) is 0 Å². The van der Waals surface area contributed by atoms with Crippen LogP contribution in [0.4, 0.5) is 0 Å². The first-order valence-corrected chi connectivity index (χ1v) is 4.96. The van der Waals surface area contributed by atoms with Crippen LogP contribution < -0.4 is 5.32 Å². The van der Waals surface area contributed by atoms with Gasteiger partial charge < -0.3 is 10.1 Å². The molecule has 0 spiro atoms. The Morgan fingerprint density at radius 3 is 2.91 bits per heavy atom. The van der Waals surface area contributed by atoms with Crippen molar-refractivity contribution in [1.82, 2.24) is 5.32 Å². The molecule has 1 N–H and O–H groups in total. The van der Waals surface area contributed by atoms with Crippen molar-refractivity contribution >= 4 is 11.8 Å². The lowest BCUT2D eigenvalue weighted by Crippen LogP contribution is -2.34. The molecule has 1 aliphatic heterocycles. The summed E-state index contributed by atoms with van der Waals surface area (Å²) in [5, 5.41) is 4.25. The summed E-state index contributed by atoms with van der Waals surface area (Å²) in [5.74, 6) is 0. The number of nitrogens with one attached hydrogen (secondary N) is 1. The average molecular weight is 175 g/mol. The molecule has 66 valence electrons. The highest BCUT2D eigenvalue weighted by atomic mass is 32.2. The SMILES string of the molecule is COCCC1(C)NCC(C)S1. The summed E-state index contributed by atoms with van der Waals surface area (Å²) in [6.07, 6.45) is 1.10. The molecule has 0 amide bonds. The summed E-state index contributed by atoms with van der Waals surface area (Å²) in [7, 11) is 1.76. The van der Waals surface area contributed by atoms with Crippen molar-refractivity contribution in [2.75, 3.05) is 20.3 Å². The van der Waals surface area contributed by atoms with Gasteiger partial charge in [0.2, 0.25) is 0 Å². The minimum Gasteiger partial charge on any atom is -0.385 e. The van der Waals surface area contributed by atoms with E-state index in [1.165, 1.54) is 0 Å². The number of rotatable bonds is 3. The second-order valence-electron chi connectivity index (χ2n) is 3.28. The van der Waals surface area contributed by atoms with E-state index in [4.69, 9.17) is 4.74 Å². The van der Waals surface area contributed by atoms with E-state index in [-0.39, 0.29) is 4.87 Å². The lowest BCUT2D eigenvalue weighted by molar-refractivity contribution is 0.181. The Labute approximate surface area is 73.1 Å². The molecule has 0 aromatic carbocycles. The Bertz CT molecular complexity index is 131. The molecule has 0 aliphatic carbocycles. The molecule has 1 aliphatic rings. The number of methoxy groups -OCH3 is 1. The quantitative estimate of drug-likeness (QED) is 0.702. The maximum absolute atomic E-state index is 5.05. The lowest BCUT2D eigenvalue weighted by Gasteiger charge is -2.22. The maximum atomic E-state index is 5.05. The van der Waals surface area contributed by atoms with Gasteiger partial charge in [0.25, 0.3) is 0 Å². The van der Waals surface area contributed by atoms with Crippen LogP contribution in [0.15, 0.2) is 0 Å². The van der Waals surface area contributed by atoms with Crippen molar-refractivity contribution in [3.05, 3.63) is 0 Å². The topological polar surface area (TPSA) is 21.3 Å². The summed E-state index contributed by atoms with van der Waals surface area (Å²) < 4.78 is 5.05. The maximum Gasteiger partial charge on any atom is 0.0642 e. The van der Waals surface area contributed by atoms with Gasteiger partial charge in [-0.05, 0) is 13.3 Å². The summed E-state index contributed by atoms with van der Waals surface area (Å²) >= 11 is 2.02. The molecule has 0 radical (unpaired) electrons. The van der Waals surface area contributed by atoms with E-state index < -0.39 is 0 Å². The Hall–Kier alpha value is 0.270. The highest BCUT2D eigenvalue weighted by Gasteiger charge is 2.32. The first-order valence-electron chi connectivity index (χ1n) is 4.08. The largest absolute Gasteiger partial charge is 0.385 e. The van der Waals surface area contributed by atoms with Gasteiger partial charge in [0.05, 0.1) is 4.87 Å². The fourth-order valence-electron chi connectivity index (χ4n) is 1.33. The standard InChI is InChI=1S/C8H17NOS/c1-7-6-9-8(2,11-7)4-5-10-3/h7,9H,4-6H2,1-3H3. The number of thioether (sulfide) groups is 1. The number of hydrogen-bond acceptors (Lipinski definition) is 3. The van der Waals surface area contributed by atoms with E-state index in [1.807, 2.05) is 11.8 Å².